The van der Waals surface area contributed by atoms with E-state index in [1.807, 2.05) is 49.4 Å². The molecule has 0 amide bonds. The molecule has 1 aromatic carbocycles. The number of hydrazine groups is 1. The van der Waals surface area contributed by atoms with Gasteiger partial charge < -0.3 is 24.5 Å². The largest absolute Gasteiger partial charge is 0.497 e. The SMILES string of the molecule is COc1cc(OC)cc(N2CCN(Nc3cc(C)c(C)nc3OC)C(C(=O)SC)C2)c1. The number of aromatic nitrogens is 1. The van der Waals surface area contributed by atoms with Gasteiger partial charge in [0.25, 0.3) is 0 Å². The molecule has 1 aromatic heterocycles. The molecular weight excluding hydrogens is 416 g/mol. The summed E-state index contributed by atoms with van der Waals surface area (Å²) in [6, 6.07) is 7.41. The Morgan fingerprint density at radius 2 is 1.74 bits per heavy atom. The number of ether oxygens (including phenoxy) is 3. The van der Waals surface area contributed by atoms with Crippen molar-refractivity contribution in [2.24, 2.45) is 0 Å². The van der Waals surface area contributed by atoms with Crippen LogP contribution in [0.2, 0.25) is 0 Å². The van der Waals surface area contributed by atoms with Crippen LogP contribution in [0.15, 0.2) is 24.3 Å². The standard InChI is InChI=1S/C22H30N4O4S/c1-14-9-19(21(30-5)23-15(14)2)24-26-8-7-25(13-20(26)22(27)31-6)16-10-17(28-3)12-18(11-16)29-4/h9-12,20,24H,7-8,13H2,1-6H3. The van der Waals surface area contributed by atoms with Gasteiger partial charge in [-0.2, -0.15) is 0 Å². The average Bonchev–Trinajstić information content (AvgIpc) is 2.80. The Labute approximate surface area is 187 Å². The molecule has 31 heavy (non-hydrogen) atoms. The summed E-state index contributed by atoms with van der Waals surface area (Å²) in [6.45, 7) is 5.84. The van der Waals surface area contributed by atoms with E-state index in [0.717, 1.165) is 29.2 Å². The number of carbonyl (C=O) groups excluding carboxylic acids is 1. The van der Waals surface area contributed by atoms with Gasteiger partial charge in [-0.15, -0.1) is 0 Å². The van der Waals surface area contributed by atoms with Crippen molar-refractivity contribution in [1.29, 1.82) is 0 Å². The highest BCUT2D eigenvalue weighted by atomic mass is 32.2. The van der Waals surface area contributed by atoms with E-state index in [4.69, 9.17) is 14.2 Å². The van der Waals surface area contributed by atoms with Crippen LogP contribution >= 0.6 is 11.8 Å². The summed E-state index contributed by atoms with van der Waals surface area (Å²) in [5, 5.41) is 2.06. The van der Waals surface area contributed by atoms with Crippen molar-refractivity contribution in [3.63, 3.8) is 0 Å². The second-order valence-electron chi connectivity index (χ2n) is 7.31. The fourth-order valence-corrected chi connectivity index (χ4v) is 4.01. The lowest BCUT2D eigenvalue weighted by Gasteiger charge is -2.41. The molecule has 1 N–H and O–H groups in total. The van der Waals surface area contributed by atoms with Gasteiger partial charge in [-0.1, -0.05) is 11.8 Å². The van der Waals surface area contributed by atoms with Gasteiger partial charge in [0.1, 0.15) is 23.2 Å². The number of piperazine rings is 1. The third-order valence-corrected chi connectivity index (χ3v) is 6.12. The minimum absolute atomic E-state index is 0.0859. The quantitative estimate of drug-likeness (QED) is 0.690. The number of benzene rings is 1. The first-order valence-electron chi connectivity index (χ1n) is 10.0. The van der Waals surface area contributed by atoms with Crippen LogP contribution in [0.3, 0.4) is 0 Å². The number of methoxy groups -OCH3 is 3. The summed E-state index contributed by atoms with van der Waals surface area (Å²) in [5.74, 6) is 1.94. The zero-order chi connectivity index (χ0) is 22.5. The maximum atomic E-state index is 12.8. The molecule has 0 radical (unpaired) electrons. The molecule has 3 rings (SSSR count). The lowest BCUT2D eigenvalue weighted by molar-refractivity contribution is -0.115. The molecule has 2 heterocycles. The zero-order valence-electron chi connectivity index (χ0n) is 18.9. The molecule has 0 spiro atoms. The molecular formula is C22H30N4O4S. The van der Waals surface area contributed by atoms with Crippen LogP contribution in [0.4, 0.5) is 11.4 Å². The summed E-state index contributed by atoms with van der Waals surface area (Å²) >= 11 is 1.23. The second kappa shape index (κ2) is 10.1. The van der Waals surface area contributed by atoms with E-state index in [-0.39, 0.29) is 11.2 Å². The molecule has 8 nitrogen and oxygen atoms in total. The topological polar surface area (TPSA) is 76.2 Å². The third-order valence-electron chi connectivity index (χ3n) is 5.44. The van der Waals surface area contributed by atoms with Gasteiger partial charge in [0.05, 0.1) is 21.3 Å². The molecule has 0 saturated carbocycles. The van der Waals surface area contributed by atoms with Crippen molar-refractivity contribution in [3.05, 3.63) is 35.5 Å². The zero-order valence-corrected chi connectivity index (χ0v) is 19.7. The molecule has 0 bridgehead atoms. The highest BCUT2D eigenvalue weighted by Gasteiger charge is 2.33. The Bertz CT molecular complexity index is 918. The smallest absolute Gasteiger partial charge is 0.238 e. The number of nitrogens with zero attached hydrogens (tertiary/aromatic N) is 3. The lowest BCUT2D eigenvalue weighted by Crippen LogP contribution is -2.58. The van der Waals surface area contributed by atoms with Gasteiger partial charge in [0.15, 0.2) is 0 Å². The van der Waals surface area contributed by atoms with E-state index >= 15 is 0 Å². The number of anilines is 2. The van der Waals surface area contributed by atoms with Crippen LogP contribution in [-0.4, -0.2) is 68.4 Å². The van der Waals surface area contributed by atoms with E-state index in [1.54, 1.807) is 21.3 Å². The molecule has 1 atom stereocenters. The van der Waals surface area contributed by atoms with Crippen molar-refractivity contribution in [2.45, 2.75) is 19.9 Å². The number of carbonyl (C=O) groups is 1. The first-order chi connectivity index (χ1) is 14.9. The van der Waals surface area contributed by atoms with Crippen molar-refractivity contribution in [1.82, 2.24) is 9.99 Å². The predicted molar refractivity (Wildman–Crippen MR) is 125 cm³/mol. The van der Waals surface area contributed by atoms with Gasteiger partial charge in [0.2, 0.25) is 11.0 Å². The summed E-state index contributed by atoms with van der Waals surface area (Å²) < 4.78 is 16.3. The number of nitrogens with one attached hydrogen (secondary N) is 1. The van der Waals surface area contributed by atoms with Gasteiger partial charge in [-0.3, -0.25) is 4.79 Å². The molecule has 1 unspecified atom stereocenters. The van der Waals surface area contributed by atoms with Crippen LogP contribution in [0, 0.1) is 13.8 Å². The fraction of sp³-hybridized carbons (Fsp3) is 0.455. The predicted octanol–water partition coefficient (Wildman–Crippen LogP) is 3.13. The summed E-state index contributed by atoms with van der Waals surface area (Å²) in [4.78, 5) is 19.5. The van der Waals surface area contributed by atoms with Crippen molar-refractivity contribution >= 4 is 28.3 Å². The highest BCUT2D eigenvalue weighted by Crippen LogP contribution is 2.31. The minimum atomic E-state index is -0.354. The average molecular weight is 447 g/mol. The summed E-state index contributed by atoms with van der Waals surface area (Å²) in [5.41, 5.74) is 7.06. The molecule has 1 fully saturated rings. The summed E-state index contributed by atoms with van der Waals surface area (Å²) in [7, 11) is 4.86. The highest BCUT2D eigenvalue weighted by molar-refractivity contribution is 8.13. The van der Waals surface area contributed by atoms with Crippen LogP contribution in [0.5, 0.6) is 17.4 Å². The third kappa shape index (κ3) is 5.16. The van der Waals surface area contributed by atoms with Crippen LogP contribution in [-0.2, 0) is 4.79 Å². The van der Waals surface area contributed by atoms with E-state index in [9.17, 15) is 4.79 Å². The maximum absolute atomic E-state index is 12.8. The van der Waals surface area contributed by atoms with Gasteiger partial charge >= 0.3 is 0 Å². The molecule has 1 saturated heterocycles. The van der Waals surface area contributed by atoms with Crippen molar-refractivity contribution in [3.8, 4) is 17.4 Å². The number of aryl methyl sites for hydroxylation is 2. The van der Waals surface area contributed by atoms with E-state index in [2.05, 4.69) is 15.3 Å². The Balaban J connectivity index is 1.86. The number of rotatable bonds is 7. The normalized spacial score (nSPS) is 16.7. The number of pyridine rings is 1. The van der Waals surface area contributed by atoms with Crippen molar-refractivity contribution < 1.29 is 19.0 Å². The van der Waals surface area contributed by atoms with Crippen molar-refractivity contribution in [2.75, 3.05) is 57.5 Å². The maximum Gasteiger partial charge on any atom is 0.238 e. The van der Waals surface area contributed by atoms with Gasteiger partial charge in [-0.25, -0.2) is 9.99 Å². The fourth-order valence-electron chi connectivity index (χ4n) is 3.54. The summed E-state index contributed by atoms with van der Waals surface area (Å²) in [6.07, 6.45) is 1.81. The molecule has 1 aliphatic heterocycles. The first kappa shape index (κ1) is 23.0. The van der Waals surface area contributed by atoms with Crippen LogP contribution in [0.1, 0.15) is 11.3 Å². The minimum Gasteiger partial charge on any atom is -0.497 e. The van der Waals surface area contributed by atoms with Gasteiger partial charge in [-0.05, 0) is 31.7 Å². The monoisotopic (exact) mass is 446 g/mol. The molecule has 2 aromatic rings. The van der Waals surface area contributed by atoms with Crippen LogP contribution < -0.4 is 24.5 Å². The van der Waals surface area contributed by atoms with E-state index < -0.39 is 0 Å². The molecule has 1 aliphatic rings. The lowest BCUT2D eigenvalue weighted by atomic mass is 10.1. The first-order valence-corrected chi connectivity index (χ1v) is 11.2. The molecule has 0 aliphatic carbocycles. The van der Waals surface area contributed by atoms with E-state index in [1.165, 1.54) is 11.8 Å². The molecule has 168 valence electrons. The Hall–Kier alpha value is -2.65. The number of hydrogen-bond donors (Lipinski definition) is 1. The number of hydrogen-bond acceptors (Lipinski definition) is 9. The van der Waals surface area contributed by atoms with Gasteiger partial charge in [0, 0.05) is 49.2 Å². The Morgan fingerprint density at radius 3 is 2.32 bits per heavy atom. The van der Waals surface area contributed by atoms with Crippen LogP contribution in [0.25, 0.3) is 0 Å². The Kier molecular flexibility index (Phi) is 7.50. The Morgan fingerprint density at radius 1 is 1.06 bits per heavy atom. The molecule has 9 heteroatoms. The second-order valence-corrected chi connectivity index (χ2v) is 8.12. The number of thioether (sulfide) groups is 1. The van der Waals surface area contributed by atoms with E-state index in [0.29, 0.717) is 30.5 Å².